The van der Waals surface area contributed by atoms with Crippen LogP contribution in [0.3, 0.4) is 0 Å². The fourth-order valence-electron chi connectivity index (χ4n) is 2.26. The smallest absolute Gasteiger partial charge is 0.0708 e. The molecule has 0 atom stereocenters. The predicted molar refractivity (Wildman–Crippen MR) is 111 cm³/mol. The maximum Gasteiger partial charge on any atom is 0.0708 e. The highest BCUT2D eigenvalue weighted by atomic mass is 79.9. The number of hydrogen-bond donors (Lipinski definition) is 0. The van der Waals surface area contributed by atoms with E-state index in [-0.39, 0.29) is 0 Å². The Balaban J connectivity index is 0.000000671. The number of hydrogen-bond acceptors (Lipinski definition) is 1. The van der Waals surface area contributed by atoms with Crippen molar-refractivity contribution in [2.75, 3.05) is 5.83 Å². The first-order valence-corrected chi connectivity index (χ1v) is 9.86. The molecule has 1 aromatic heterocycles. The van der Waals surface area contributed by atoms with Crippen LogP contribution in [-0.4, -0.2) is 10.8 Å². The van der Waals surface area contributed by atoms with Gasteiger partial charge in [-0.2, -0.15) is 0 Å². The van der Waals surface area contributed by atoms with E-state index in [4.69, 9.17) is 0 Å². The first-order chi connectivity index (χ1) is 11.8. The molecule has 2 aromatic rings. The molecule has 126 valence electrons. The minimum atomic E-state index is 0.996. The zero-order chi connectivity index (χ0) is 17.8. The summed E-state index contributed by atoms with van der Waals surface area (Å²) in [6.07, 6.45) is 13.7. The maximum absolute atomic E-state index is 4.49. The Bertz CT molecular complexity index is 694. The van der Waals surface area contributed by atoms with Crippen LogP contribution in [0.4, 0.5) is 0 Å². The number of nitrogens with zero attached hydrogens (tertiary/aromatic N) is 1. The molecule has 0 unspecified atom stereocenters. The molecule has 0 aliphatic heterocycles. The molecule has 1 nitrogen and oxygen atoms in total. The SMILES string of the molecule is CBr.CC.Cc1ccc(-c2cc(C3=CC=CCC=C3)ccn2)cc1. The zero-order valence-electron chi connectivity index (χ0n) is 15.0. The van der Waals surface area contributed by atoms with Crippen molar-refractivity contribution in [1.82, 2.24) is 4.98 Å². The average Bonchev–Trinajstić information content (AvgIpc) is 2.95. The molecule has 0 spiro atoms. The molecule has 0 saturated heterocycles. The first kappa shape index (κ1) is 20.1. The van der Waals surface area contributed by atoms with Crippen molar-refractivity contribution in [2.45, 2.75) is 27.2 Å². The van der Waals surface area contributed by atoms with Crippen LogP contribution in [-0.2, 0) is 0 Å². The van der Waals surface area contributed by atoms with Crippen LogP contribution in [0.1, 0.15) is 31.4 Å². The number of allylic oxidation sites excluding steroid dienone is 6. The van der Waals surface area contributed by atoms with Gasteiger partial charge in [-0.1, -0.05) is 90.0 Å². The summed E-state index contributed by atoms with van der Waals surface area (Å²) in [5.41, 5.74) is 5.88. The largest absolute Gasteiger partial charge is 0.256 e. The summed E-state index contributed by atoms with van der Waals surface area (Å²) < 4.78 is 0. The fourth-order valence-corrected chi connectivity index (χ4v) is 2.26. The summed E-state index contributed by atoms with van der Waals surface area (Å²) in [5.74, 6) is 1.81. The second-order valence-electron chi connectivity index (χ2n) is 4.98. The van der Waals surface area contributed by atoms with Gasteiger partial charge in [0.2, 0.25) is 0 Å². The molecule has 1 aliphatic rings. The van der Waals surface area contributed by atoms with E-state index in [0.717, 1.165) is 17.7 Å². The van der Waals surface area contributed by atoms with E-state index in [1.54, 1.807) is 0 Å². The minimum absolute atomic E-state index is 0.996. The second kappa shape index (κ2) is 11.6. The van der Waals surface area contributed by atoms with Crippen LogP contribution in [0, 0.1) is 6.92 Å². The third-order valence-corrected chi connectivity index (χ3v) is 3.42. The summed E-state index contributed by atoms with van der Waals surface area (Å²) in [7, 11) is 0. The molecule has 0 amide bonds. The monoisotopic (exact) mass is 383 g/mol. The normalized spacial score (nSPS) is 12.1. The van der Waals surface area contributed by atoms with E-state index in [9.17, 15) is 0 Å². The van der Waals surface area contributed by atoms with Gasteiger partial charge < -0.3 is 0 Å². The minimum Gasteiger partial charge on any atom is -0.256 e. The molecule has 3 rings (SSSR count). The summed E-state index contributed by atoms with van der Waals surface area (Å²) >= 11 is 2.94. The van der Waals surface area contributed by atoms with Gasteiger partial charge in [-0.15, -0.1) is 0 Å². The Hall–Kier alpha value is -1.93. The van der Waals surface area contributed by atoms with Crippen LogP contribution in [0.25, 0.3) is 16.8 Å². The van der Waals surface area contributed by atoms with E-state index in [1.165, 1.54) is 16.7 Å². The molecule has 0 N–H and O–H groups in total. The number of aryl methyl sites for hydroxylation is 1. The van der Waals surface area contributed by atoms with Crippen LogP contribution in [0.5, 0.6) is 0 Å². The number of alkyl halides is 1. The summed E-state index contributed by atoms with van der Waals surface area (Å²) in [6, 6.07) is 12.7. The average molecular weight is 384 g/mol. The van der Waals surface area contributed by atoms with Gasteiger partial charge in [0, 0.05) is 11.8 Å². The second-order valence-corrected chi connectivity index (χ2v) is 4.98. The van der Waals surface area contributed by atoms with Crippen LogP contribution in [0.2, 0.25) is 0 Å². The lowest BCUT2D eigenvalue weighted by Gasteiger charge is -2.06. The molecular formula is C22H26BrN. The quantitative estimate of drug-likeness (QED) is 0.508. The van der Waals surface area contributed by atoms with Crippen molar-refractivity contribution in [1.29, 1.82) is 0 Å². The van der Waals surface area contributed by atoms with Gasteiger partial charge in [-0.25, -0.2) is 0 Å². The standard InChI is InChI=1S/C19H17N.C2H6.CH3Br/c1-15-8-10-17(11-9-15)19-14-18(12-13-20-19)16-6-4-2-3-5-7-16;2*1-2/h2,4-14H,3H2,1H3;1-2H3;1H3. The van der Waals surface area contributed by atoms with E-state index in [1.807, 2.05) is 25.9 Å². The van der Waals surface area contributed by atoms with Crippen LogP contribution < -0.4 is 0 Å². The van der Waals surface area contributed by atoms with Crippen molar-refractivity contribution in [3.05, 3.63) is 84.1 Å². The zero-order valence-corrected chi connectivity index (χ0v) is 16.5. The van der Waals surface area contributed by atoms with Gasteiger partial charge >= 0.3 is 0 Å². The Kier molecular flexibility index (Phi) is 9.71. The molecule has 0 radical (unpaired) electrons. The van der Waals surface area contributed by atoms with Gasteiger partial charge in [0.25, 0.3) is 0 Å². The topological polar surface area (TPSA) is 12.9 Å². The predicted octanol–water partition coefficient (Wildman–Crippen LogP) is 6.99. The number of halogens is 1. The molecule has 1 aromatic carbocycles. The third-order valence-electron chi connectivity index (χ3n) is 3.42. The number of benzene rings is 1. The van der Waals surface area contributed by atoms with E-state index in [0.29, 0.717) is 0 Å². The van der Waals surface area contributed by atoms with Crippen molar-refractivity contribution < 1.29 is 0 Å². The number of pyridine rings is 1. The first-order valence-electron chi connectivity index (χ1n) is 8.27. The van der Waals surface area contributed by atoms with E-state index in [2.05, 4.69) is 94.6 Å². The molecule has 2 heteroatoms. The lowest BCUT2D eigenvalue weighted by atomic mass is 10.0. The van der Waals surface area contributed by atoms with E-state index >= 15 is 0 Å². The summed E-state index contributed by atoms with van der Waals surface area (Å²) in [6.45, 7) is 6.10. The molecule has 1 aliphatic carbocycles. The Morgan fingerprint density at radius 1 is 0.917 bits per heavy atom. The molecule has 24 heavy (non-hydrogen) atoms. The van der Waals surface area contributed by atoms with Crippen LogP contribution in [0.15, 0.2) is 73.0 Å². The van der Waals surface area contributed by atoms with Gasteiger partial charge in [0.05, 0.1) is 5.69 Å². The van der Waals surface area contributed by atoms with Crippen LogP contribution >= 0.6 is 15.9 Å². The van der Waals surface area contributed by atoms with Crippen molar-refractivity contribution in [3.8, 4) is 11.3 Å². The molecule has 1 heterocycles. The highest BCUT2D eigenvalue weighted by Gasteiger charge is 2.03. The summed E-state index contributed by atoms with van der Waals surface area (Å²) in [4.78, 5) is 4.49. The molecule has 0 bridgehead atoms. The van der Waals surface area contributed by atoms with Gasteiger partial charge in [-0.05, 0) is 42.4 Å². The third kappa shape index (κ3) is 5.93. The summed E-state index contributed by atoms with van der Waals surface area (Å²) in [5, 5.41) is 0. The molecule has 0 saturated carbocycles. The van der Waals surface area contributed by atoms with Crippen molar-refractivity contribution >= 4 is 21.5 Å². The highest BCUT2D eigenvalue weighted by molar-refractivity contribution is 9.08. The Labute approximate surface area is 155 Å². The number of aromatic nitrogens is 1. The fraction of sp³-hybridized carbons (Fsp3) is 0.227. The van der Waals surface area contributed by atoms with Gasteiger partial charge in [0.1, 0.15) is 0 Å². The highest BCUT2D eigenvalue weighted by Crippen LogP contribution is 2.23. The van der Waals surface area contributed by atoms with Crippen molar-refractivity contribution in [2.24, 2.45) is 0 Å². The van der Waals surface area contributed by atoms with Gasteiger partial charge in [0.15, 0.2) is 0 Å². The number of rotatable bonds is 2. The van der Waals surface area contributed by atoms with E-state index < -0.39 is 0 Å². The lowest BCUT2D eigenvalue weighted by molar-refractivity contribution is 1.31. The Morgan fingerprint density at radius 2 is 1.62 bits per heavy atom. The lowest BCUT2D eigenvalue weighted by Crippen LogP contribution is -1.87. The van der Waals surface area contributed by atoms with Crippen molar-refractivity contribution in [3.63, 3.8) is 0 Å². The molecule has 0 fully saturated rings. The Morgan fingerprint density at radius 3 is 2.33 bits per heavy atom. The molecular weight excluding hydrogens is 358 g/mol. The van der Waals surface area contributed by atoms with Gasteiger partial charge in [-0.3, -0.25) is 4.98 Å². The maximum atomic E-state index is 4.49.